The van der Waals surface area contributed by atoms with E-state index in [1.54, 1.807) is 0 Å². The highest BCUT2D eigenvalue weighted by Gasteiger charge is 2.28. The van der Waals surface area contributed by atoms with Gasteiger partial charge in [0.2, 0.25) is 0 Å². The van der Waals surface area contributed by atoms with Crippen LogP contribution in [-0.2, 0) is 0 Å². The van der Waals surface area contributed by atoms with Gasteiger partial charge in [0.15, 0.2) is 0 Å². The van der Waals surface area contributed by atoms with Crippen molar-refractivity contribution in [1.82, 2.24) is 4.90 Å². The van der Waals surface area contributed by atoms with Crippen LogP contribution < -0.4 is 5.73 Å². The minimum absolute atomic E-state index is 0.204. The molecule has 5 heteroatoms. The number of alkyl halides is 3. The summed E-state index contributed by atoms with van der Waals surface area (Å²) in [6.45, 7) is 5.12. The van der Waals surface area contributed by atoms with Gasteiger partial charge >= 0.3 is 6.18 Å². The van der Waals surface area contributed by atoms with E-state index in [1.807, 2.05) is 0 Å². The zero-order valence-electron chi connectivity index (χ0n) is 9.76. The van der Waals surface area contributed by atoms with E-state index in [1.165, 1.54) is 0 Å². The van der Waals surface area contributed by atoms with Crippen molar-refractivity contribution in [3.05, 3.63) is 0 Å². The number of hydrogen-bond donors (Lipinski definition) is 1. The topological polar surface area (TPSA) is 29.3 Å². The molecule has 0 aliphatic carbocycles. The van der Waals surface area contributed by atoms with Crippen molar-refractivity contribution in [1.29, 1.82) is 0 Å². The third-order valence-corrected chi connectivity index (χ3v) is 3.44. The van der Waals surface area contributed by atoms with Crippen LogP contribution >= 0.6 is 0 Å². The lowest BCUT2D eigenvalue weighted by Gasteiger charge is -2.36. The quantitative estimate of drug-likeness (QED) is 0.814. The van der Waals surface area contributed by atoms with E-state index in [0.29, 0.717) is 24.9 Å². The van der Waals surface area contributed by atoms with E-state index in [-0.39, 0.29) is 6.42 Å². The lowest BCUT2D eigenvalue weighted by Crippen LogP contribution is -2.43. The first-order chi connectivity index (χ1) is 7.42. The number of piperidine rings is 1. The number of halogens is 3. The zero-order chi connectivity index (χ0) is 12.2. The molecule has 0 aromatic heterocycles. The predicted molar refractivity (Wildman–Crippen MR) is 58.1 cm³/mol. The van der Waals surface area contributed by atoms with Crippen molar-refractivity contribution in [2.75, 3.05) is 26.2 Å². The van der Waals surface area contributed by atoms with E-state index in [4.69, 9.17) is 5.73 Å². The van der Waals surface area contributed by atoms with Crippen molar-refractivity contribution >= 4 is 0 Å². The van der Waals surface area contributed by atoms with E-state index in [2.05, 4.69) is 11.8 Å². The third-order valence-electron chi connectivity index (χ3n) is 3.44. The largest absolute Gasteiger partial charge is 0.389 e. The SMILES string of the molecule is CC1CCN(CCCC(F)(F)F)CC1CN. The van der Waals surface area contributed by atoms with E-state index < -0.39 is 12.6 Å². The summed E-state index contributed by atoms with van der Waals surface area (Å²) >= 11 is 0. The smallest absolute Gasteiger partial charge is 0.330 e. The van der Waals surface area contributed by atoms with Gasteiger partial charge in [0.05, 0.1) is 0 Å². The molecule has 0 bridgehead atoms. The molecule has 0 aromatic rings. The van der Waals surface area contributed by atoms with Crippen LogP contribution in [0.4, 0.5) is 13.2 Å². The molecule has 0 amide bonds. The zero-order valence-corrected chi connectivity index (χ0v) is 9.76. The van der Waals surface area contributed by atoms with Crippen LogP contribution in [0.1, 0.15) is 26.2 Å². The van der Waals surface area contributed by atoms with Gasteiger partial charge in [-0.3, -0.25) is 0 Å². The van der Waals surface area contributed by atoms with Gasteiger partial charge in [0.25, 0.3) is 0 Å². The van der Waals surface area contributed by atoms with E-state index in [9.17, 15) is 13.2 Å². The van der Waals surface area contributed by atoms with Gasteiger partial charge in [-0.05, 0) is 44.3 Å². The van der Waals surface area contributed by atoms with Crippen LogP contribution in [-0.4, -0.2) is 37.3 Å². The summed E-state index contributed by atoms with van der Waals surface area (Å²) in [7, 11) is 0. The van der Waals surface area contributed by atoms with E-state index in [0.717, 1.165) is 19.5 Å². The molecule has 2 atom stereocenters. The summed E-state index contributed by atoms with van der Waals surface area (Å²) in [6.07, 6.45) is -3.44. The van der Waals surface area contributed by atoms with Crippen molar-refractivity contribution in [2.24, 2.45) is 17.6 Å². The second kappa shape index (κ2) is 5.87. The monoisotopic (exact) mass is 238 g/mol. The Morgan fingerprint density at radius 3 is 2.62 bits per heavy atom. The minimum Gasteiger partial charge on any atom is -0.330 e. The predicted octanol–water partition coefficient (Wildman–Crippen LogP) is 2.25. The number of nitrogens with two attached hydrogens (primary N) is 1. The van der Waals surface area contributed by atoms with Crippen LogP contribution in [0, 0.1) is 11.8 Å². The first-order valence-corrected chi connectivity index (χ1v) is 5.91. The number of hydrogen-bond acceptors (Lipinski definition) is 2. The van der Waals surface area contributed by atoms with Crippen LogP contribution in [0.3, 0.4) is 0 Å². The third kappa shape index (κ3) is 4.70. The lowest BCUT2D eigenvalue weighted by molar-refractivity contribution is -0.136. The molecule has 1 saturated heterocycles. The molecule has 1 aliphatic heterocycles. The minimum atomic E-state index is -4.02. The lowest BCUT2D eigenvalue weighted by atomic mass is 9.87. The Morgan fingerprint density at radius 1 is 1.38 bits per heavy atom. The summed E-state index contributed by atoms with van der Waals surface area (Å²) in [5.74, 6) is 1.04. The molecule has 1 rings (SSSR count). The number of nitrogens with zero attached hydrogens (tertiary/aromatic N) is 1. The van der Waals surface area contributed by atoms with Crippen LogP contribution in [0.25, 0.3) is 0 Å². The first kappa shape index (κ1) is 13.8. The standard InChI is InChI=1S/C11H21F3N2/c1-9-3-6-16(8-10(9)7-15)5-2-4-11(12,13)14/h9-10H,2-8,15H2,1H3. The highest BCUT2D eigenvalue weighted by Crippen LogP contribution is 2.24. The van der Waals surface area contributed by atoms with Gasteiger partial charge < -0.3 is 10.6 Å². The van der Waals surface area contributed by atoms with Gasteiger partial charge in [-0.1, -0.05) is 6.92 Å². The molecule has 0 spiro atoms. The van der Waals surface area contributed by atoms with Crippen LogP contribution in [0.15, 0.2) is 0 Å². The van der Waals surface area contributed by atoms with Crippen molar-refractivity contribution in [2.45, 2.75) is 32.4 Å². The Kier molecular flexibility index (Phi) is 5.05. The highest BCUT2D eigenvalue weighted by atomic mass is 19.4. The van der Waals surface area contributed by atoms with Gasteiger partial charge in [-0.15, -0.1) is 0 Å². The Labute approximate surface area is 95.0 Å². The van der Waals surface area contributed by atoms with Crippen molar-refractivity contribution in [3.63, 3.8) is 0 Å². The fourth-order valence-electron chi connectivity index (χ4n) is 2.24. The van der Waals surface area contributed by atoms with Crippen molar-refractivity contribution < 1.29 is 13.2 Å². The normalized spacial score (nSPS) is 28.3. The molecule has 0 radical (unpaired) electrons. The summed E-state index contributed by atoms with van der Waals surface area (Å²) in [5, 5.41) is 0. The molecular weight excluding hydrogens is 217 g/mol. The number of likely N-dealkylation sites (tertiary alicyclic amines) is 1. The second-order valence-corrected chi connectivity index (χ2v) is 4.78. The average molecular weight is 238 g/mol. The Morgan fingerprint density at radius 2 is 2.06 bits per heavy atom. The maximum absolute atomic E-state index is 12.0. The van der Waals surface area contributed by atoms with Gasteiger partial charge in [-0.2, -0.15) is 13.2 Å². The molecule has 96 valence electrons. The maximum Gasteiger partial charge on any atom is 0.389 e. The molecule has 0 saturated carbocycles. The van der Waals surface area contributed by atoms with E-state index >= 15 is 0 Å². The summed E-state index contributed by atoms with van der Waals surface area (Å²) in [4.78, 5) is 2.11. The Bertz CT molecular complexity index is 206. The average Bonchev–Trinajstić information content (AvgIpc) is 2.18. The molecule has 16 heavy (non-hydrogen) atoms. The molecule has 1 aliphatic rings. The molecule has 1 fully saturated rings. The molecule has 1 heterocycles. The van der Waals surface area contributed by atoms with Crippen molar-refractivity contribution in [3.8, 4) is 0 Å². The molecular formula is C11H21F3N2. The van der Waals surface area contributed by atoms with Gasteiger partial charge in [-0.25, -0.2) is 0 Å². The van der Waals surface area contributed by atoms with Crippen LogP contribution in [0.2, 0.25) is 0 Å². The summed E-state index contributed by atoms with van der Waals surface area (Å²) in [5.41, 5.74) is 5.65. The highest BCUT2D eigenvalue weighted by molar-refractivity contribution is 4.78. The summed E-state index contributed by atoms with van der Waals surface area (Å²) in [6, 6.07) is 0. The molecule has 2 unspecified atom stereocenters. The van der Waals surface area contributed by atoms with Crippen LogP contribution in [0.5, 0.6) is 0 Å². The molecule has 2 nitrogen and oxygen atoms in total. The maximum atomic E-state index is 12.0. The Balaban J connectivity index is 2.23. The van der Waals surface area contributed by atoms with Gasteiger partial charge in [0, 0.05) is 13.0 Å². The number of rotatable bonds is 4. The summed E-state index contributed by atoms with van der Waals surface area (Å²) < 4.78 is 35.9. The second-order valence-electron chi connectivity index (χ2n) is 4.78. The molecule has 0 aromatic carbocycles. The fourth-order valence-corrected chi connectivity index (χ4v) is 2.24. The van der Waals surface area contributed by atoms with Gasteiger partial charge in [0.1, 0.15) is 0 Å². The molecule has 2 N–H and O–H groups in total. The first-order valence-electron chi connectivity index (χ1n) is 5.91. The fraction of sp³-hybridized carbons (Fsp3) is 1.00. The Hall–Kier alpha value is -0.290.